The molecule has 0 fully saturated rings. The van der Waals surface area contributed by atoms with E-state index in [0.717, 1.165) is 24.2 Å². The zero-order valence-corrected chi connectivity index (χ0v) is 11.7. The fourth-order valence-corrected chi connectivity index (χ4v) is 2.06. The number of hydrogen-bond donors (Lipinski definition) is 1. The number of aromatic nitrogens is 1. The maximum absolute atomic E-state index is 11.9. The highest BCUT2D eigenvalue weighted by Gasteiger charge is 2.08. The lowest BCUT2D eigenvalue weighted by atomic mass is 10.2. The molecule has 20 heavy (non-hydrogen) atoms. The summed E-state index contributed by atoms with van der Waals surface area (Å²) in [7, 11) is 0. The van der Waals surface area contributed by atoms with Gasteiger partial charge in [-0.25, -0.2) is 0 Å². The van der Waals surface area contributed by atoms with Gasteiger partial charge in [-0.15, -0.1) is 0 Å². The summed E-state index contributed by atoms with van der Waals surface area (Å²) in [5.74, 6) is 0.424. The van der Waals surface area contributed by atoms with Crippen molar-refractivity contribution in [2.24, 2.45) is 5.73 Å². The highest BCUT2D eigenvalue weighted by atomic mass is 16.5. The normalized spacial score (nSPS) is 10.5. The molecule has 0 atom stereocenters. The lowest BCUT2D eigenvalue weighted by Crippen LogP contribution is -2.16. The summed E-state index contributed by atoms with van der Waals surface area (Å²) >= 11 is 0. The number of nitrogens with zero attached hydrogens (tertiary/aromatic N) is 1. The second kappa shape index (κ2) is 6.91. The van der Waals surface area contributed by atoms with Crippen LogP contribution in [0.4, 0.5) is 0 Å². The molecule has 1 heterocycles. The molecule has 0 aliphatic rings. The molecule has 0 saturated heterocycles. The van der Waals surface area contributed by atoms with Crippen LogP contribution >= 0.6 is 0 Å². The van der Waals surface area contributed by atoms with Gasteiger partial charge in [0, 0.05) is 18.8 Å². The minimum Gasteiger partial charge on any atom is -0.483 e. The number of aryl methyl sites for hydroxylation is 1. The number of nitrogens with two attached hydrogens (primary N) is 1. The van der Waals surface area contributed by atoms with E-state index < -0.39 is 0 Å². The zero-order valence-electron chi connectivity index (χ0n) is 11.7. The fraction of sp³-hybridized carbons (Fsp3) is 0.312. The van der Waals surface area contributed by atoms with Crippen LogP contribution in [0.1, 0.15) is 17.7 Å². The van der Waals surface area contributed by atoms with Crippen molar-refractivity contribution >= 4 is 0 Å². The SMILES string of the molecule is Cc1c(OCc2ccccc2)c(=O)ccn1CCCN. The van der Waals surface area contributed by atoms with Crippen molar-refractivity contribution in [1.29, 1.82) is 0 Å². The van der Waals surface area contributed by atoms with Gasteiger partial charge >= 0.3 is 0 Å². The second-order valence-corrected chi connectivity index (χ2v) is 4.70. The van der Waals surface area contributed by atoms with Crippen LogP contribution in [0.25, 0.3) is 0 Å². The van der Waals surface area contributed by atoms with Crippen molar-refractivity contribution in [3.05, 3.63) is 64.1 Å². The van der Waals surface area contributed by atoms with E-state index in [9.17, 15) is 4.79 Å². The average Bonchev–Trinajstić information content (AvgIpc) is 2.47. The third-order valence-electron chi connectivity index (χ3n) is 3.22. The largest absolute Gasteiger partial charge is 0.483 e. The summed E-state index contributed by atoms with van der Waals surface area (Å²) in [6.45, 7) is 3.73. The topological polar surface area (TPSA) is 57.2 Å². The van der Waals surface area contributed by atoms with E-state index in [-0.39, 0.29) is 5.43 Å². The molecule has 0 saturated carbocycles. The summed E-state index contributed by atoms with van der Waals surface area (Å²) in [5.41, 5.74) is 7.34. The molecule has 0 aliphatic heterocycles. The van der Waals surface area contributed by atoms with Crippen LogP contribution in [0.5, 0.6) is 5.75 Å². The Morgan fingerprint density at radius 1 is 1.20 bits per heavy atom. The van der Waals surface area contributed by atoms with Gasteiger partial charge in [-0.05, 0) is 25.5 Å². The number of rotatable bonds is 6. The van der Waals surface area contributed by atoms with E-state index in [2.05, 4.69) is 0 Å². The Morgan fingerprint density at radius 3 is 2.65 bits per heavy atom. The van der Waals surface area contributed by atoms with Gasteiger partial charge in [0.15, 0.2) is 5.75 Å². The quantitative estimate of drug-likeness (QED) is 0.876. The van der Waals surface area contributed by atoms with Gasteiger partial charge < -0.3 is 15.0 Å². The molecule has 0 radical (unpaired) electrons. The minimum absolute atomic E-state index is 0.0811. The van der Waals surface area contributed by atoms with Crippen molar-refractivity contribution in [2.45, 2.75) is 26.5 Å². The van der Waals surface area contributed by atoms with Gasteiger partial charge in [0.25, 0.3) is 0 Å². The maximum Gasteiger partial charge on any atom is 0.223 e. The standard InChI is InChI=1S/C16H20N2O2/c1-13-16(20-12-14-6-3-2-4-7-14)15(19)8-11-18(13)10-5-9-17/h2-4,6-8,11H,5,9-10,12,17H2,1H3. The Balaban J connectivity index is 2.16. The molecule has 1 aromatic heterocycles. The molecular weight excluding hydrogens is 252 g/mol. The van der Waals surface area contributed by atoms with Gasteiger partial charge in [0.2, 0.25) is 5.43 Å². The van der Waals surface area contributed by atoms with Crippen molar-refractivity contribution in [3.8, 4) is 5.75 Å². The Labute approximate surface area is 118 Å². The van der Waals surface area contributed by atoms with E-state index >= 15 is 0 Å². The van der Waals surface area contributed by atoms with Crippen LogP contribution in [-0.2, 0) is 13.2 Å². The van der Waals surface area contributed by atoms with Crippen LogP contribution < -0.4 is 15.9 Å². The Hall–Kier alpha value is -2.07. The first kappa shape index (κ1) is 14.3. The van der Waals surface area contributed by atoms with Crippen molar-refractivity contribution in [1.82, 2.24) is 4.57 Å². The highest BCUT2D eigenvalue weighted by Crippen LogP contribution is 2.14. The lowest BCUT2D eigenvalue weighted by Gasteiger charge is -2.14. The monoisotopic (exact) mass is 272 g/mol. The maximum atomic E-state index is 11.9. The highest BCUT2D eigenvalue weighted by molar-refractivity contribution is 5.28. The number of benzene rings is 1. The van der Waals surface area contributed by atoms with E-state index in [1.54, 1.807) is 12.3 Å². The third kappa shape index (κ3) is 3.48. The molecule has 4 heteroatoms. The second-order valence-electron chi connectivity index (χ2n) is 4.70. The molecule has 2 N–H and O–H groups in total. The Kier molecular flexibility index (Phi) is 4.96. The predicted molar refractivity (Wildman–Crippen MR) is 79.9 cm³/mol. The van der Waals surface area contributed by atoms with Gasteiger partial charge in [-0.3, -0.25) is 4.79 Å². The molecule has 0 bridgehead atoms. The molecule has 0 unspecified atom stereocenters. The average molecular weight is 272 g/mol. The van der Waals surface area contributed by atoms with Crippen molar-refractivity contribution in [3.63, 3.8) is 0 Å². The van der Waals surface area contributed by atoms with E-state index in [0.29, 0.717) is 18.9 Å². The van der Waals surface area contributed by atoms with Crippen molar-refractivity contribution in [2.75, 3.05) is 6.54 Å². The first-order chi connectivity index (χ1) is 9.72. The summed E-state index contributed by atoms with van der Waals surface area (Å²) < 4.78 is 7.72. The molecule has 1 aromatic carbocycles. The first-order valence-electron chi connectivity index (χ1n) is 6.79. The summed E-state index contributed by atoms with van der Waals surface area (Å²) in [4.78, 5) is 11.9. The minimum atomic E-state index is -0.0811. The molecule has 0 spiro atoms. The number of hydrogen-bond acceptors (Lipinski definition) is 3. The van der Waals surface area contributed by atoms with E-state index in [1.165, 1.54) is 0 Å². The number of ether oxygens (including phenoxy) is 1. The molecule has 4 nitrogen and oxygen atoms in total. The third-order valence-corrected chi connectivity index (χ3v) is 3.22. The van der Waals surface area contributed by atoms with Crippen LogP contribution in [0.2, 0.25) is 0 Å². The molecular formula is C16H20N2O2. The van der Waals surface area contributed by atoms with E-state index in [1.807, 2.05) is 41.8 Å². The summed E-state index contributed by atoms with van der Waals surface area (Å²) in [5, 5.41) is 0. The van der Waals surface area contributed by atoms with Crippen molar-refractivity contribution < 1.29 is 4.74 Å². The van der Waals surface area contributed by atoms with Crippen LogP contribution in [0.3, 0.4) is 0 Å². The van der Waals surface area contributed by atoms with Crippen LogP contribution in [-0.4, -0.2) is 11.1 Å². The molecule has 2 aromatic rings. The zero-order chi connectivity index (χ0) is 14.4. The van der Waals surface area contributed by atoms with Crippen LogP contribution in [0, 0.1) is 6.92 Å². The molecule has 106 valence electrons. The Bertz CT molecular complexity index is 606. The molecule has 0 amide bonds. The van der Waals surface area contributed by atoms with Gasteiger partial charge in [0.1, 0.15) is 6.61 Å². The number of pyridine rings is 1. The predicted octanol–water partition coefficient (Wildman–Crippen LogP) is 2.08. The first-order valence-corrected chi connectivity index (χ1v) is 6.79. The lowest BCUT2D eigenvalue weighted by molar-refractivity contribution is 0.297. The Morgan fingerprint density at radius 2 is 1.95 bits per heavy atom. The smallest absolute Gasteiger partial charge is 0.223 e. The van der Waals surface area contributed by atoms with Crippen LogP contribution in [0.15, 0.2) is 47.4 Å². The van der Waals surface area contributed by atoms with E-state index in [4.69, 9.17) is 10.5 Å². The van der Waals surface area contributed by atoms with Gasteiger partial charge in [-0.1, -0.05) is 30.3 Å². The molecule has 0 aliphatic carbocycles. The molecule has 2 rings (SSSR count). The summed E-state index contributed by atoms with van der Waals surface area (Å²) in [6.07, 6.45) is 2.67. The van der Waals surface area contributed by atoms with Gasteiger partial charge in [-0.2, -0.15) is 0 Å². The van der Waals surface area contributed by atoms with Gasteiger partial charge in [0.05, 0.1) is 5.69 Å². The summed E-state index contributed by atoms with van der Waals surface area (Å²) in [6, 6.07) is 11.4. The fourth-order valence-electron chi connectivity index (χ4n) is 2.06.